The molecule has 0 N–H and O–H groups in total. The molecule has 0 atom stereocenters. The van der Waals surface area contributed by atoms with E-state index in [9.17, 15) is 4.79 Å². The van der Waals surface area contributed by atoms with Crippen LogP contribution in [0.25, 0.3) is 39.6 Å². The molecule has 0 saturated carbocycles. The molecule has 5 nitrogen and oxygen atoms in total. The molecule has 2 heterocycles. The van der Waals surface area contributed by atoms with E-state index in [1.807, 2.05) is 18.2 Å². The third-order valence-electron chi connectivity index (χ3n) is 5.52. The molecule has 6 rings (SSSR count). The molecule has 0 radical (unpaired) electrons. The van der Waals surface area contributed by atoms with Gasteiger partial charge in [-0.05, 0) is 70.1 Å². The summed E-state index contributed by atoms with van der Waals surface area (Å²) in [5, 5.41) is 14.8. The number of carbonyl (C=O) groups excluding carboxylic acids is 1. The smallest absolute Gasteiger partial charge is 0.347 e. The van der Waals surface area contributed by atoms with Crippen molar-refractivity contribution in [3.63, 3.8) is 0 Å². The maximum Gasteiger partial charge on any atom is 0.347 e. The lowest BCUT2D eigenvalue weighted by molar-refractivity contribution is 0.0690. The Hall–Kier alpha value is -3.99. The van der Waals surface area contributed by atoms with Gasteiger partial charge in [0.05, 0.1) is 18.2 Å². The SMILES string of the molecule is Cc1occc1C(=O)OC1=CC=c2c1ccc1c2ccc2cc3c(cc21)=CN=N3. The highest BCUT2D eigenvalue weighted by Crippen LogP contribution is 2.29. The molecule has 1 aromatic heterocycles. The lowest BCUT2D eigenvalue weighted by Crippen LogP contribution is -2.10. The van der Waals surface area contributed by atoms with E-state index < -0.39 is 5.97 Å². The van der Waals surface area contributed by atoms with Crippen molar-refractivity contribution in [1.82, 2.24) is 0 Å². The summed E-state index contributed by atoms with van der Waals surface area (Å²) >= 11 is 0. The minimum atomic E-state index is -0.416. The monoisotopic (exact) mass is 378 g/mol. The number of esters is 1. The number of benzene rings is 3. The van der Waals surface area contributed by atoms with E-state index in [2.05, 4.69) is 40.6 Å². The van der Waals surface area contributed by atoms with E-state index in [4.69, 9.17) is 9.15 Å². The van der Waals surface area contributed by atoms with Crippen molar-refractivity contribution >= 4 is 51.2 Å². The van der Waals surface area contributed by atoms with Gasteiger partial charge in [-0.25, -0.2) is 4.79 Å². The average molecular weight is 378 g/mol. The molecule has 0 unspecified atom stereocenters. The third-order valence-corrected chi connectivity index (χ3v) is 5.52. The van der Waals surface area contributed by atoms with Crippen LogP contribution in [0.5, 0.6) is 0 Å². The van der Waals surface area contributed by atoms with Crippen LogP contribution in [0.1, 0.15) is 21.7 Å². The average Bonchev–Trinajstić information content (AvgIpc) is 3.45. The number of nitrogens with zero attached hydrogens (tertiary/aromatic N) is 2. The minimum Gasteiger partial charge on any atom is -0.469 e. The normalized spacial score (nSPS) is 13.8. The van der Waals surface area contributed by atoms with Gasteiger partial charge in [0.25, 0.3) is 0 Å². The Kier molecular flexibility index (Phi) is 3.18. The number of ether oxygens (including phenoxy) is 1. The van der Waals surface area contributed by atoms with Crippen LogP contribution in [0, 0.1) is 6.92 Å². The molecule has 0 saturated heterocycles. The Labute approximate surface area is 164 Å². The summed E-state index contributed by atoms with van der Waals surface area (Å²) in [6.07, 6.45) is 7.11. The number of aryl methyl sites for hydroxylation is 1. The van der Waals surface area contributed by atoms with Crippen LogP contribution < -0.4 is 10.4 Å². The number of fused-ring (bicyclic) bond motifs is 6. The van der Waals surface area contributed by atoms with E-state index in [0.717, 1.165) is 43.2 Å². The maximum absolute atomic E-state index is 12.5. The lowest BCUT2D eigenvalue weighted by atomic mass is 9.97. The second-order valence-corrected chi connectivity index (χ2v) is 7.14. The highest BCUT2D eigenvalue weighted by atomic mass is 16.5. The molecule has 0 fully saturated rings. The van der Waals surface area contributed by atoms with E-state index in [-0.39, 0.29) is 0 Å². The predicted molar refractivity (Wildman–Crippen MR) is 111 cm³/mol. The van der Waals surface area contributed by atoms with Gasteiger partial charge in [0, 0.05) is 10.8 Å². The zero-order valence-electron chi connectivity index (χ0n) is 15.5. The second kappa shape index (κ2) is 5.75. The van der Waals surface area contributed by atoms with E-state index in [1.165, 1.54) is 6.26 Å². The topological polar surface area (TPSA) is 64.2 Å². The zero-order valence-corrected chi connectivity index (χ0v) is 15.5. The van der Waals surface area contributed by atoms with Crippen LogP contribution in [0.3, 0.4) is 0 Å². The first-order valence-electron chi connectivity index (χ1n) is 9.28. The number of carbonyl (C=O) groups is 1. The van der Waals surface area contributed by atoms with Crippen molar-refractivity contribution in [2.24, 2.45) is 10.2 Å². The Morgan fingerprint density at radius 3 is 2.76 bits per heavy atom. The van der Waals surface area contributed by atoms with Gasteiger partial charge < -0.3 is 9.15 Å². The van der Waals surface area contributed by atoms with Gasteiger partial charge in [0.2, 0.25) is 0 Å². The fraction of sp³-hybridized carbons (Fsp3) is 0.0417. The Bertz CT molecular complexity index is 1550. The molecule has 3 aromatic carbocycles. The van der Waals surface area contributed by atoms with Gasteiger partial charge in [0.1, 0.15) is 17.1 Å². The Morgan fingerprint density at radius 1 is 1.00 bits per heavy atom. The van der Waals surface area contributed by atoms with Gasteiger partial charge in [0.15, 0.2) is 0 Å². The van der Waals surface area contributed by atoms with Gasteiger partial charge >= 0.3 is 5.97 Å². The molecule has 0 amide bonds. The summed E-state index contributed by atoms with van der Waals surface area (Å²) in [5.74, 6) is 0.680. The molecular weight excluding hydrogens is 364 g/mol. The summed E-state index contributed by atoms with van der Waals surface area (Å²) in [4.78, 5) is 12.5. The first-order valence-corrected chi connectivity index (χ1v) is 9.28. The third kappa shape index (κ3) is 2.31. The van der Waals surface area contributed by atoms with Gasteiger partial charge in [-0.3, -0.25) is 0 Å². The van der Waals surface area contributed by atoms with Gasteiger partial charge in [-0.1, -0.05) is 18.2 Å². The van der Waals surface area contributed by atoms with Crippen molar-refractivity contribution in [2.45, 2.75) is 6.92 Å². The Balaban J connectivity index is 1.46. The van der Waals surface area contributed by atoms with Crippen LogP contribution in [-0.4, -0.2) is 5.97 Å². The Morgan fingerprint density at radius 2 is 1.90 bits per heavy atom. The number of azo groups is 1. The molecule has 0 spiro atoms. The van der Waals surface area contributed by atoms with Crippen molar-refractivity contribution < 1.29 is 13.9 Å². The zero-order chi connectivity index (χ0) is 19.5. The standard InChI is InChI=1S/C24H14N2O3/c1-13-16(8-9-28-13)24(27)29-23-7-6-18-17-3-2-14-11-22-15(12-25-26-22)10-21(14)19(17)4-5-20(18)23/h2-12H,1H3. The first-order chi connectivity index (χ1) is 14.2. The lowest BCUT2D eigenvalue weighted by Gasteiger charge is -2.09. The number of furan rings is 1. The van der Waals surface area contributed by atoms with E-state index in [0.29, 0.717) is 17.1 Å². The van der Waals surface area contributed by atoms with Crippen LogP contribution in [0.2, 0.25) is 0 Å². The van der Waals surface area contributed by atoms with Crippen molar-refractivity contribution in [1.29, 1.82) is 0 Å². The summed E-state index contributed by atoms with van der Waals surface area (Å²) in [5.41, 5.74) is 2.24. The van der Waals surface area contributed by atoms with Gasteiger partial charge in [-0.15, -0.1) is 0 Å². The fourth-order valence-corrected chi connectivity index (χ4v) is 4.04. The number of allylic oxidation sites excluding steroid dienone is 1. The highest BCUT2D eigenvalue weighted by molar-refractivity contribution is 6.10. The molecule has 138 valence electrons. The summed E-state index contributed by atoms with van der Waals surface area (Å²) in [7, 11) is 0. The van der Waals surface area contributed by atoms with Crippen LogP contribution >= 0.6 is 0 Å². The second-order valence-electron chi connectivity index (χ2n) is 7.14. The summed E-state index contributed by atoms with van der Waals surface area (Å²) in [6.45, 7) is 1.74. The fourth-order valence-electron chi connectivity index (χ4n) is 4.04. The van der Waals surface area contributed by atoms with E-state index in [1.54, 1.807) is 19.2 Å². The van der Waals surface area contributed by atoms with Crippen LogP contribution in [-0.2, 0) is 4.74 Å². The number of rotatable bonds is 2. The summed E-state index contributed by atoms with van der Waals surface area (Å²) < 4.78 is 10.9. The maximum atomic E-state index is 12.5. The number of hydrogen-bond acceptors (Lipinski definition) is 5. The predicted octanol–water partition coefficient (Wildman–Crippen LogP) is 4.72. The van der Waals surface area contributed by atoms with Crippen LogP contribution in [0.4, 0.5) is 5.69 Å². The summed E-state index contributed by atoms with van der Waals surface area (Å²) in [6, 6.07) is 14.1. The molecule has 5 heteroatoms. The molecule has 0 bridgehead atoms. The van der Waals surface area contributed by atoms with Crippen molar-refractivity contribution in [3.05, 3.63) is 82.1 Å². The van der Waals surface area contributed by atoms with Crippen molar-refractivity contribution in [2.75, 3.05) is 0 Å². The minimum absolute atomic E-state index is 0.416. The molecule has 4 aromatic rings. The van der Waals surface area contributed by atoms with Crippen molar-refractivity contribution in [3.8, 4) is 0 Å². The van der Waals surface area contributed by atoms with Gasteiger partial charge in [-0.2, -0.15) is 10.2 Å². The highest BCUT2D eigenvalue weighted by Gasteiger charge is 2.19. The first kappa shape index (κ1) is 16.0. The largest absolute Gasteiger partial charge is 0.469 e. The van der Waals surface area contributed by atoms with Crippen LogP contribution in [0.15, 0.2) is 69.4 Å². The van der Waals surface area contributed by atoms with E-state index >= 15 is 0 Å². The molecule has 29 heavy (non-hydrogen) atoms. The molecular formula is C24H14N2O3. The quantitative estimate of drug-likeness (QED) is 0.374. The molecule has 1 aliphatic heterocycles. The number of hydrogen-bond donors (Lipinski definition) is 0. The molecule has 1 aliphatic carbocycles. The molecule has 2 aliphatic rings.